The molecule has 4 aromatic heterocycles. The van der Waals surface area contributed by atoms with Crippen LogP contribution in [-0.2, 0) is 0 Å². The Morgan fingerprint density at radius 3 is 1.81 bits per heavy atom. The summed E-state index contributed by atoms with van der Waals surface area (Å²) in [5.41, 5.74) is 9.44. The van der Waals surface area contributed by atoms with Gasteiger partial charge in [0.15, 0.2) is 17.5 Å². The van der Waals surface area contributed by atoms with Gasteiger partial charge in [-0.15, -0.1) is 11.3 Å². The highest BCUT2D eigenvalue weighted by Gasteiger charge is 2.21. The SMILES string of the molecule is c1ccc(-c2nc(-c3cccc(-c4cccc5c4oc4c5ccc5c(-c6cccc7ccccc67)nc6ccccc6c54)c3)nc(-c3ccc4c(c3)sc3ccccc34)n2)cc1. The molecule has 6 heteroatoms. The van der Waals surface area contributed by atoms with Gasteiger partial charge in [0.05, 0.1) is 11.2 Å². The number of hydrogen-bond donors (Lipinski definition) is 0. The van der Waals surface area contributed by atoms with Gasteiger partial charge >= 0.3 is 0 Å². The molecule has 13 aromatic rings. The van der Waals surface area contributed by atoms with E-state index in [0.717, 1.165) is 82.7 Å². The van der Waals surface area contributed by atoms with Gasteiger partial charge in [-0.1, -0.05) is 164 Å². The molecule has 0 radical (unpaired) electrons. The first-order chi connectivity index (χ1) is 30.7. The lowest BCUT2D eigenvalue weighted by molar-refractivity contribution is 0.674. The number of pyridine rings is 1. The van der Waals surface area contributed by atoms with Crippen LogP contribution in [0.4, 0.5) is 0 Å². The Balaban J connectivity index is 0.985. The van der Waals surface area contributed by atoms with Gasteiger partial charge in [-0.25, -0.2) is 19.9 Å². The average molecular weight is 809 g/mol. The van der Waals surface area contributed by atoms with E-state index in [2.05, 4.69) is 164 Å². The number of thiophene rings is 1. The molecule has 5 nitrogen and oxygen atoms in total. The summed E-state index contributed by atoms with van der Waals surface area (Å²) in [6.07, 6.45) is 0. The van der Waals surface area contributed by atoms with Gasteiger partial charge in [-0.3, -0.25) is 0 Å². The molecule has 0 amide bonds. The summed E-state index contributed by atoms with van der Waals surface area (Å²) < 4.78 is 9.59. The van der Waals surface area contributed by atoms with Crippen molar-refractivity contribution in [2.45, 2.75) is 0 Å². The molecule has 0 fully saturated rings. The van der Waals surface area contributed by atoms with Gasteiger partial charge in [0, 0.05) is 74.9 Å². The van der Waals surface area contributed by atoms with Crippen molar-refractivity contribution >= 4 is 85.9 Å². The van der Waals surface area contributed by atoms with Crippen molar-refractivity contribution in [2.24, 2.45) is 0 Å². The molecule has 0 saturated heterocycles. The van der Waals surface area contributed by atoms with Gasteiger partial charge in [-0.2, -0.15) is 0 Å². The zero-order chi connectivity index (χ0) is 40.7. The van der Waals surface area contributed by atoms with Crippen molar-refractivity contribution in [1.82, 2.24) is 19.9 Å². The van der Waals surface area contributed by atoms with Crippen LogP contribution in [0.1, 0.15) is 0 Å². The second-order valence-corrected chi connectivity index (χ2v) is 16.8. The van der Waals surface area contributed by atoms with Crippen molar-refractivity contribution < 1.29 is 4.42 Å². The summed E-state index contributed by atoms with van der Waals surface area (Å²) in [6.45, 7) is 0. The maximum atomic E-state index is 7.13. The molecule has 4 heterocycles. The lowest BCUT2D eigenvalue weighted by Gasteiger charge is -2.12. The fourth-order valence-electron chi connectivity index (χ4n) is 9.20. The van der Waals surface area contributed by atoms with Crippen LogP contribution in [-0.4, -0.2) is 19.9 Å². The van der Waals surface area contributed by atoms with Crippen LogP contribution in [0.3, 0.4) is 0 Å². The average Bonchev–Trinajstić information content (AvgIpc) is 3.92. The molecule has 62 heavy (non-hydrogen) atoms. The van der Waals surface area contributed by atoms with Crippen molar-refractivity contribution in [3.05, 3.63) is 194 Å². The highest BCUT2D eigenvalue weighted by atomic mass is 32.1. The van der Waals surface area contributed by atoms with Crippen LogP contribution >= 0.6 is 11.3 Å². The second kappa shape index (κ2) is 13.7. The van der Waals surface area contributed by atoms with E-state index in [1.54, 1.807) is 11.3 Å². The highest BCUT2D eigenvalue weighted by Crippen LogP contribution is 2.44. The molecule has 0 aliphatic carbocycles. The van der Waals surface area contributed by atoms with Gasteiger partial charge in [0.25, 0.3) is 0 Å². The number of benzene rings is 9. The van der Waals surface area contributed by atoms with Gasteiger partial charge < -0.3 is 4.42 Å². The first kappa shape index (κ1) is 34.8. The minimum atomic E-state index is 0.606. The normalized spacial score (nSPS) is 11.9. The quantitative estimate of drug-likeness (QED) is 0.162. The van der Waals surface area contributed by atoms with Crippen LogP contribution in [0.15, 0.2) is 199 Å². The van der Waals surface area contributed by atoms with Gasteiger partial charge in [0.2, 0.25) is 0 Å². The fraction of sp³-hybridized carbons (Fsp3) is 0. The minimum Gasteiger partial charge on any atom is -0.455 e. The molecule has 0 atom stereocenters. The van der Waals surface area contributed by atoms with Crippen LogP contribution < -0.4 is 0 Å². The van der Waals surface area contributed by atoms with Crippen molar-refractivity contribution in [1.29, 1.82) is 0 Å². The van der Waals surface area contributed by atoms with Crippen LogP contribution in [0.5, 0.6) is 0 Å². The van der Waals surface area contributed by atoms with Crippen LogP contribution in [0.25, 0.3) is 131 Å². The monoisotopic (exact) mass is 808 g/mol. The zero-order valence-electron chi connectivity index (χ0n) is 33.1. The molecule has 0 N–H and O–H groups in total. The summed E-state index contributed by atoms with van der Waals surface area (Å²) in [5.74, 6) is 1.87. The minimum absolute atomic E-state index is 0.606. The molecule has 0 saturated carbocycles. The Morgan fingerprint density at radius 2 is 0.919 bits per heavy atom. The number of furan rings is 1. The topological polar surface area (TPSA) is 64.7 Å². The van der Waals surface area contributed by atoms with E-state index >= 15 is 0 Å². The summed E-state index contributed by atoms with van der Waals surface area (Å²) >= 11 is 1.79. The number of aromatic nitrogens is 4. The molecule has 0 aliphatic heterocycles. The maximum Gasteiger partial charge on any atom is 0.164 e. The molecule has 0 bridgehead atoms. The number of hydrogen-bond acceptors (Lipinski definition) is 6. The molecule has 288 valence electrons. The third kappa shape index (κ3) is 5.47. The first-order valence-corrected chi connectivity index (χ1v) is 21.5. The second-order valence-electron chi connectivity index (χ2n) is 15.7. The lowest BCUT2D eigenvalue weighted by Crippen LogP contribution is -2.00. The first-order valence-electron chi connectivity index (χ1n) is 20.7. The molecule has 0 aliphatic rings. The third-order valence-electron chi connectivity index (χ3n) is 12.1. The summed E-state index contributed by atoms with van der Waals surface area (Å²) in [4.78, 5) is 20.6. The van der Waals surface area contributed by atoms with E-state index in [9.17, 15) is 0 Å². The number of nitrogens with zero attached hydrogens (tertiary/aromatic N) is 4. The van der Waals surface area contributed by atoms with E-state index in [1.165, 1.54) is 30.9 Å². The van der Waals surface area contributed by atoms with E-state index in [1.807, 2.05) is 30.3 Å². The molecular weight excluding hydrogens is 777 g/mol. The predicted octanol–water partition coefficient (Wildman–Crippen LogP) is 15.3. The molecule has 0 unspecified atom stereocenters. The Hall–Kier alpha value is -8.06. The van der Waals surface area contributed by atoms with E-state index < -0.39 is 0 Å². The highest BCUT2D eigenvalue weighted by molar-refractivity contribution is 7.25. The molecular formula is C56H32N4OS. The van der Waals surface area contributed by atoms with Gasteiger partial charge in [0.1, 0.15) is 11.2 Å². The smallest absolute Gasteiger partial charge is 0.164 e. The number of para-hydroxylation sites is 2. The fourth-order valence-corrected chi connectivity index (χ4v) is 10.3. The van der Waals surface area contributed by atoms with Crippen molar-refractivity contribution in [2.75, 3.05) is 0 Å². The molecule has 0 spiro atoms. The maximum absolute atomic E-state index is 7.13. The summed E-state index contributed by atoms with van der Waals surface area (Å²) in [7, 11) is 0. The zero-order valence-corrected chi connectivity index (χ0v) is 33.9. The van der Waals surface area contributed by atoms with E-state index in [4.69, 9.17) is 24.4 Å². The third-order valence-corrected chi connectivity index (χ3v) is 13.2. The lowest BCUT2D eigenvalue weighted by atomic mass is 9.95. The largest absolute Gasteiger partial charge is 0.455 e. The molecule has 9 aromatic carbocycles. The Morgan fingerprint density at radius 1 is 0.339 bits per heavy atom. The Kier molecular flexibility index (Phi) is 7.71. The number of fused-ring (bicyclic) bond motifs is 11. The van der Waals surface area contributed by atoms with E-state index in [-0.39, 0.29) is 0 Å². The van der Waals surface area contributed by atoms with Crippen LogP contribution in [0.2, 0.25) is 0 Å². The predicted molar refractivity (Wildman–Crippen MR) is 257 cm³/mol. The number of rotatable bonds is 5. The van der Waals surface area contributed by atoms with Crippen molar-refractivity contribution in [3.63, 3.8) is 0 Å². The van der Waals surface area contributed by atoms with Crippen LogP contribution in [0, 0.1) is 0 Å². The van der Waals surface area contributed by atoms with E-state index in [0.29, 0.717) is 17.5 Å². The summed E-state index contributed by atoms with van der Waals surface area (Å²) in [5, 5.41) is 10.2. The molecule has 13 rings (SSSR count). The van der Waals surface area contributed by atoms with Gasteiger partial charge in [-0.05, 0) is 46.7 Å². The standard InChI is InChI=1S/C56H32N4OS/c1-2-14-34(15-3-1)54-58-55(60-56(59-54)37-27-28-41-40-20-7-9-26-48(40)62-49(41)32-37)36-18-10-17-35(31-36)39-22-12-24-43-44-29-30-46-50(53(44)61-52(39)43)45-21-6-8-25-47(45)57-51(46)42-23-11-16-33-13-4-5-19-38(33)42/h1-32H. The summed E-state index contributed by atoms with van der Waals surface area (Å²) in [6, 6.07) is 67.9. The Bertz CT molecular complexity index is 3940. The van der Waals surface area contributed by atoms with Crippen molar-refractivity contribution in [3.8, 4) is 56.5 Å². The Labute approximate surface area is 359 Å².